The highest BCUT2D eigenvalue weighted by atomic mass is 16.4. The van der Waals surface area contributed by atoms with Crippen LogP contribution in [0, 0.1) is 5.92 Å². The predicted molar refractivity (Wildman–Crippen MR) is 181 cm³/mol. The fourth-order valence-corrected chi connectivity index (χ4v) is 6.46. The molecule has 6 rings (SSSR count). The number of benzene rings is 3. The highest BCUT2D eigenvalue weighted by Crippen LogP contribution is 2.41. The number of hydrogen-bond acceptors (Lipinski definition) is 9. The van der Waals surface area contributed by atoms with Crippen LogP contribution in [0.2, 0.25) is 0 Å². The number of aliphatic imine (C=N–C) groups is 1. The number of carbonyl (C=O) groups is 2. The number of pyridine rings is 1. The van der Waals surface area contributed by atoms with E-state index >= 15 is 0 Å². The number of carbonyl (C=O) groups excluding carboxylic acids is 1. The first-order valence-electron chi connectivity index (χ1n) is 15.6. The number of amides is 1. The first-order chi connectivity index (χ1) is 22.7. The summed E-state index contributed by atoms with van der Waals surface area (Å²) in [7, 11) is 0. The van der Waals surface area contributed by atoms with E-state index in [1.165, 1.54) is 6.21 Å². The lowest BCUT2D eigenvalue weighted by atomic mass is 9.80. The molecule has 1 aliphatic carbocycles. The third-order valence-electron chi connectivity index (χ3n) is 8.85. The summed E-state index contributed by atoms with van der Waals surface area (Å²) in [6.07, 6.45) is 2.54. The molecule has 5 aromatic rings. The molecule has 11 nitrogen and oxygen atoms in total. The van der Waals surface area contributed by atoms with Gasteiger partial charge in [-0.2, -0.15) is 0 Å². The second kappa shape index (κ2) is 13.1. The molecule has 0 saturated heterocycles. The molecule has 240 valence electrons. The molecule has 1 unspecified atom stereocenters. The average Bonchev–Trinajstić information content (AvgIpc) is 3.07. The minimum atomic E-state index is -1.00. The molecule has 1 amide bonds. The van der Waals surface area contributed by atoms with Crippen molar-refractivity contribution in [3.05, 3.63) is 93.5 Å². The van der Waals surface area contributed by atoms with E-state index in [1.54, 1.807) is 30.3 Å². The van der Waals surface area contributed by atoms with Crippen LogP contribution >= 0.6 is 0 Å². The Labute approximate surface area is 270 Å². The Morgan fingerprint density at radius 2 is 1.89 bits per heavy atom. The third-order valence-corrected chi connectivity index (χ3v) is 8.85. The van der Waals surface area contributed by atoms with Crippen molar-refractivity contribution in [2.24, 2.45) is 16.8 Å². The summed E-state index contributed by atoms with van der Waals surface area (Å²) >= 11 is 0. The van der Waals surface area contributed by atoms with Gasteiger partial charge in [0.15, 0.2) is 0 Å². The zero-order valence-corrected chi connectivity index (χ0v) is 26.1. The van der Waals surface area contributed by atoms with Crippen molar-refractivity contribution >= 4 is 51.3 Å². The fraction of sp³-hybridized carbons (Fsp3) is 0.250. The predicted octanol–water partition coefficient (Wildman–Crippen LogP) is 5.03. The zero-order chi connectivity index (χ0) is 33.2. The van der Waals surface area contributed by atoms with Gasteiger partial charge in [-0.3, -0.25) is 25.0 Å². The molecule has 0 fully saturated rings. The van der Waals surface area contributed by atoms with Gasteiger partial charge in [0.2, 0.25) is 5.91 Å². The van der Waals surface area contributed by atoms with E-state index in [4.69, 9.17) is 15.2 Å². The Bertz CT molecular complexity index is 2120. The van der Waals surface area contributed by atoms with Crippen LogP contribution in [0.15, 0.2) is 74.9 Å². The molecule has 2 aromatic heterocycles. The quantitative estimate of drug-likeness (QED) is 0.0571. The van der Waals surface area contributed by atoms with Gasteiger partial charge in [-0.15, -0.1) is 0 Å². The molecule has 0 aliphatic heterocycles. The number of fused-ring (bicyclic) bond motifs is 3. The van der Waals surface area contributed by atoms with Gasteiger partial charge in [-0.1, -0.05) is 24.3 Å². The summed E-state index contributed by atoms with van der Waals surface area (Å²) < 4.78 is 5.60. The van der Waals surface area contributed by atoms with Crippen molar-refractivity contribution in [2.45, 2.75) is 39.5 Å². The van der Waals surface area contributed by atoms with Gasteiger partial charge in [-0.05, 0) is 85.7 Å². The second-order valence-corrected chi connectivity index (χ2v) is 11.6. The number of aryl methyl sites for hydroxylation is 1. The van der Waals surface area contributed by atoms with Crippen LogP contribution in [-0.2, 0) is 28.9 Å². The van der Waals surface area contributed by atoms with Crippen LogP contribution in [0.4, 0.5) is 11.4 Å². The lowest BCUT2D eigenvalue weighted by Crippen LogP contribution is -2.38. The number of nitrogens with one attached hydrogen (secondary N) is 1. The van der Waals surface area contributed by atoms with Gasteiger partial charge >= 0.3 is 11.6 Å². The van der Waals surface area contributed by atoms with E-state index < -0.39 is 11.6 Å². The average molecular weight is 634 g/mol. The van der Waals surface area contributed by atoms with Crippen molar-refractivity contribution < 1.29 is 24.2 Å². The van der Waals surface area contributed by atoms with Crippen molar-refractivity contribution in [3.8, 4) is 16.9 Å². The van der Waals surface area contributed by atoms with Crippen molar-refractivity contribution in [1.29, 1.82) is 0 Å². The molecule has 2 heterocycles. The second-order valence-electron chi connectivity index (χ2n) is 11.6. The Morgan fingerprint density at radius 1 is 1.11 bits per heavy atom. The molecular weight excluding hydrogens is 598 g/mol. The monoisotopic (exact) mass is 633 g/mol. The first kappa shape index (κ1) is 31.4. The summed E-state index contributed by atoms with van der Waals surface area (Å²) in [5.41, 5.74) is 7.40. The van der Waals surface area contributed by atoms with Crippen LogP contribution < -0.4 is 21.8 Å². The van der Waals surface area contributed by atoms with Gasteiger partial charge in [0, 0.05) is 48.1 Å². The summed E-state index contributed by atoms with van der Waals surface area (Å²) in [6.45, 7) is 5.61. The number of hydrogen-bond donors (Lipinski definition) is 4. The summed E-state index contributed by atoms with van der Waals surface area (Å²) in [5.74, 6) is 3.60. The summed E-state index contributed by atoms with van der Waals surface area (Å²) in [4.78, 5) is 49.1. The number of rotatable bonds is 9. The van der Waals surface area contributed by atoms with E-state index in [-0.39, 0.29) is 35.1 Å². The van der Waals surface area contributed by atoms with E-state index in [0.717, 1.165) is 46.5 Å². The maximum Gasteiger partial charge on any atom is 0.348 e. The smallest absolute Gasteiger partial charge is 0.348 e. The van der Waals surface area contributed by atoms with Crippen LogP contribution in [0.3, 0.4) is 0 Å². The topological polar surface area (TPSA) is 171 Å². The Kier molecular flexibility index (Phi) is 8.73. The Hall–Kier alpha value is -5.55. The highest BCUT2D eigenvalue weighted by molar-refractivity contribution is 6.00. The number of carboxylic acid groups (broad SMARTS) is 1. The summed E-state index contributed by atoms with van der Waals surface area (Å²) in [6, 6.07) is 18.1. The zero-order valence-electron chi connectivity index (χ0n) is 26.1. The molecule has 0 bridgehead atoms. The number of nitrogens with zero attached hydrogens (tertiary/aromatic N) is 3. The number of anilines is 1. The fourth-order valence-electron chi connectivity index (χ4n) is 6.46. The molecule has 0 spiro atoms. The van der Waals surface area contributed by atoms with Crippen molar-refractivity contribution in [1.82, 2.24) is 10.4 Å². The standard InChI is InChI=1S/C36H35N5O6/c1-3-41(4-2)23-12-13-25-31(18-23)47-36(46)28(34(25)44)19-38-22-11-9-20(16-32(42)43)26(17-22)33-24-7-5-6-8-29(24)39-30-14-10-21(15-27(30)33)35(45)40-37/h5-9,11-13,17-19,21,44H,3-4,10,14-16,37H2,1-2H3,(H,40,45)(H,42,43). The van der Waals surface area contributed by atoms with Gasteiger partial charge in [0.25, 0.3) is 0 Å². The van der Waals surface area contributed by atoms with Gasteiger partial charge < -0.3 is 19.5 Å². The number of nitrogens with two attached hydrogens (primary N) is 1. The van der Waals surface area contributed by atoms with Gasteiger partial charge in [-0.25, -0.2) is 10.6 Å². The molecule has 5 N–H and O–H groups in total. The minimum absolute atomic E-state index is 0.105. The van der Waals surface area contributed by atoms with Gasteiger partial charge in [0.05, 0.1) is 23.0 Å². The van der Waals surface area contributed by atoms with E-state index in [0.29, 0.717) is 41.5 Å². The summed E-state index contributed by atoms with van der Waals surface area (Å²) in [5, 5.41) is 22.1. The van der Waals surface area contributed by atoms with Gasteiger partial charge in [0.1, 0.15) is 16.9 Å². The number of hydrazine groups is 1. The normalized spacial score (nSPS) is 14.4. The molecule has 1 aliphatic rings. The molecule has 3 aromatic carbocycles. The minimum Gasteiger partial charge on any atom is -0.506 e. The molecule has 1 atom stereocenters. The lowest BCUT2D eigenvalue weighted by Gasteiger charge is -2.27. The van der Waals surface area contributed by atoms with Crippen LogP contribution in [0.25, 0.3) is 33.0 Å². The van der Waals surface area contributed by atoms with Crippen LogP contribution in [-0.4, -0.2) is 46.4 Å². The van der Waals surface area contributed by atoms with Crippen molar-refractivity contribution in [2.75, 3.05) is 18.0 Å². The number of aromatic hydroxyl groups is 1. The Balaban J connectivity index is 1.48. The number of aromatic nitrogens is 1. The number of para-hydroxylation sites is 1. The molecule has 11 heteroatoms. The third kappa shape index (κ3) is 6.05. The number of aliphatic carboxylic acids is 1. The SMILES string of the molecule is CCN(CC)c1ccc2c(O)c(C=Nc3ccc(CC(=O)O)c(-c4c5c(nc6ccccc46)CCC(C(=O)NN)C5)c3)c(=O)oc2c1. The molecular formula is C36H35N5O6. The Morgan fingerprint density at radius 3 is 2.64 bits per heavy atom. The molecule has 0 saturated carbocycles. The largest absolute Gasteiger partial charge is 0.506 e. The molecule has 47 heavy (non-hydrogen) atoms. The maximum atomic E-state index is 13.0. The maximum absolute atomic E-state index is 13.0. The van der Waals surface area contributed by atoms with Crippen LogP contribution in [0.5, 0.6) is 5.75 Å². The highest BCUT2D eigenvalue weighted by Gasteiger charge is 2.29. The lowest BCUT2D eigenvalue weighted by molar-refractivity contribution is -0.136. The molecule has 0 radical (unpaired) electrons. The van der Waals surface area contributed by atoms with E-state index in [9.17, 15) is 24.6 Å². The first-order valence-corrected chi connectivity index (χ1v) is 15.6. The van der Waals surface area contributed by atoms with Crippen LogP contribution in [0.1, 0.15) is 42.7 Å². The van der Waals surface area contributed by atoms with E-state index in [1.807, 2.05) is 44.2 Å². The van der Waals surface area contributed by atoms with E-state index in [2.05, 4.69) is 15.3 Å². The van der Waals surface area contributed by atoms with Crippen molar-refractivity contribution in [3.63, 3.8) is 0 Å². The number of carboxylic acids is 1.